The van der Waals surface area contributed by atoms with Crippen molar-refractivity contribution in [3.05, 3.63) is 0 Å². The van der Waals surface area contributed by atoms with Crippen LogP contribution in [0.1, 0.15) is 33.1 Å². The average Bonchev–Trinajstić information content (AvgIpc) is 2.43. The third-order valence-electron chi connectivity index (χ3n) is 4.66. The summed E-state index contributed by atoms with van der Waals surface area (Å²) in [7, 11) is 0. The number of fused-ring (bicyclic) bond motifs is 2. The zero-order chi connectivity index (χ0) is 15.9. The number of alkyl halides is 1. The predicted molar refractivity (Wildman–Crippen MR) is 80.4 cm³/mol. The monoisotopic (exact) mass is 330 g/mol. The van der Waals surface area contributed by atoms with E-state index in [0.29, 0.717) is 25.4 Å². The van der Waals surface area contributed by atoms with E-state index < -0.39 is 12.3 Å². The maximum absolute atomic E-state index is 11.9. The van der Waals surface area contributed by atoms with E-state index in [2.05, 4.69) is 24.5 Å². The van der Waals surface area contributed by atoms with Gasteiger partial charge < -0.3 is 14.8 Å². The van der Waals surface area contributed by atoms with Gasteiger partial charge in [-0.3, -0.25) is 10.1 Å². The maximum atomic E-state index is 11.9. The molecule has 7 heteroatoms. The highest BCUT2D eigenvalue weighted by molar-refractivity contribution is 6.21. The van der Waals surface area contributed by atoms with Crippen LogP contribution in [0, 0.1) is 17.8 Å². The van der Waals surface area contributed by atoms with Gasteiger partial charge in [0.05, 0.1) is 23.5 Å². The average molecular weight is 331 g/mol. The van der Waals surface area contributed by atoms with Crippen molar-refractivity contribution in [2.45, 2.75) is 56.9 Å². The van der Waals surface area contributed by atoms with Crippen LogP contribution in [-0.2, 0) is 14.3 Å². The molecule has 0 radical (unpaired) electrons. The van der Waals surface area contributed by atoms with Crippen molar-refractivity contribution in [3.63, 3.8) is 0 Å². The summed E-state index contributed by atoms with van der Waals surface area (Å²) in [6, 6.07) is -0.483. The number of hydrogen-bond acceptors (Lipinski definition) is 4. The van der Waals surface area contributed by atoms with Crippen molar-refractivity contribution in [1.82, 2.24) is 10.6 Å². The fraction of sp³-hybridized carbons (Fsp3) is 0.867. The van der Waals surface area contributed by atoms with Crippen LogP contribution in [0.4, 0.5) is 4.79 Å². The second kappa shape index (κ2) is 6.34. The van der Waals surface area contributed by atoms with Gasteiger partial charge >= 0.3 is 6.03 Å². The van der Waals surface area contributed by atoms with Gasteiger partial charge in [-0.2, -0.15) is 0 Å². The summed E-state index contributed by atoms with van der Waals surface area (Å²) in [6.07, 6.45) is 1.61. The molecule has 2 saturated heterocycles. The van der Waals surface area contributed by atoms with E-state index in [9.17, 15) is 9.59 Å². The number of nitrogens with one attached hydrogen (secondary N) is 2. The maximum Gasteiger partial charge on any atom is 0.323 e. The molecule has 1 aliphatic carbocycles. The summed E-state index contributed by atoms with van der Waals surface area (Å²) >= 11 is 6.47. The Morgan fingerprint density at radius 2 is 2.09 bits per heavy atom. The number of urea groups is 1. The van der Waals surface area contributed by atoms with Gasteiger partial charge in [0.25, 0.3) is 0 Å². The molecular weight excluding hydrogens is 308 g/mol. The number of halogens is 1. The van der Waals surface area contributed by atoms with Crippen molar-refractivity contribution < 1.29 is 19.1 Å². The lowest BCUT2D eigenvalue weighted by atomic mass is 9.76. The smallest absolute Gasteiger partial charge is 0.323 e. The van der Waals surface area contributed by atoms with E-state index >= 15 is 0 Å². The molecule has 2 N–H and O–H groups in total. The van der Waals surface area contributed by atoms with Crippen LogP contribution >= 0.6 is 11.6 Å². The van der Waals surface area contributed by atoms with Gasteiger partial charge in [0.15, 0.2) is 0 Å². The molecule has 0 aromatic rings. The molecule has 0 bridgehead atoms. The first-order valence-corrected chi connectivity index (χ1v) is 8.40. The Morgan fingerprint density at radius 1 is 1.32 bits per heavy atom. The number of amides is 3. The summed E-state index contributed by atoms with van der Waals surface area (Å²) in [5, 5.41) is 4.94. The number of carbonyl (C=O) groups is 2. The van der Waals surface area contributed by atoms with Gasteiger partial charge in [-0.1, -0.05) is 13.8 Å². The molecule has 2 heterocycles. The van der Waals surface area contributed by atoms with Crippen molar-refractivity contribution in [1.29, 1.82) is 0 Å². The van der Waals surface area contributed by atoms with Gasteiger partial charge in [0.1, 0.15) is 6.23 Å². The fourth-order valence-electron chi connectivity index (χ4n) is 3.55. The van der Waals surface area contributed by atoms with Crippen LogP contribution in [-0.4, -0.2) is 42.4 Å². The largest absolute Gasteiger partial charge is 0.376 e. The number of imide groups is 1. The Labute approximate surface area is 135 Å². The first kappa shape index (κ1) is 16.0. The van der Waals surface area contributed by atoms with E-state index in [1.54, 1.807) is 0 Å². The number of ether oxygens (including phenoxy) is 2. The zero-order valence-corrected chi connectivity index (χ0v) is 13.6. The van der Waals surface area contributed by atoms with Crippen molar-refractivity contribution in [2.24, 2.45) is 17.8 Å². The van der Waals surface area contributed by atoms with Crippen molar-refractivity contribution in [3.8, 4) is 0 Å². The molecule has 0 aromatic carbocycles. The van der Waals surface area contributed by atoms with Gasteiger partial charge in [-0.25, -0.2) is 4.79 Å². The van der Waals surface area contributed by atoms with Crippen LogP contribution in [0.15, 0.2) is 0 Å². The molecule has 2 aliphatic heterocycles. The molecule has 124 valence electrons. The molecule has 3 amide bonds. The van der Waals surface area contributed by atoms with E-state index in [1.807, 2.05) is 0 Å². The summed E-state index contributed by atoms with van der Waals surface area (Å²) < 4.78 is 11.9. The molecule has 3 rings (SSSR count). The quantitative estimate of drug-likeness (QED) is 0.771. The molecule has 3 aliphatic rings. The zero-order valence-electron chi connectivity index (χ0n) is 12.9. The lowest BCUT2D eigenvalue weighted by Crippen LogP contribution is -2.64. The van der Waals surface area contributed by atoms with Gasteiger partial charge in [0, 0.05) is 13.0 Å². The molecular formula is C15H23ClN2O4. The highest BCUT2D eigenvalue weighted by Crippen LogP contribution is 2.41. The molecule has 6 nitrogen and oxygen atoms in total. The van der Waals surface area contributed by atoms with Gasteiger partial charge in [0.2, 0.25) is 5.91 Å². The summed E-state index contributed by atoms with van der Waals surface area (Å²) in [6.45, 7) is 4.88. The number of rotatable bonds is 3. The summed E-state index contributed by atoms with van der Waals surface area (Å²) in [5.74, 6) is 0.121. The standard InChI is InChI=1S/C15H23ClN2O4/c1-7(2)6-21-12-5-11-8(4-10(12)16)3-9-13(19)17-15(20)18-14(9)22-11/h7-12,14H,3-6H2,1-2H3,(H2,17,18,19,20). The summed E-state index contributed by atoms with van der Waals surface area (Å²) in [5.41, 5.74) is 0. The Morgan fingerprint density at radius 3 is 2.82 bits per heavy atom. The van der Waals surface area contributed by atoms with Gasteiger partial charge in [-0.15, -0.1) is 11.6 Å². The van der Waals surface area contributed by atoms with Crippen LogP contribution in [0.2, 0.25) is 0 Å². The molecule has 0 spiro atoms. The summed E-state index contributed by atoms with van der Waals surface area (Å²) in [4.78, 5) is 23.3. The van der Waals surface area contributed by atoms with Crippen LogP contribution in [0.25, 0.3) is 0 Å². The van der Waals surface area contributed by atoms with Gasteiger partial charge in [-0.05, 0) is 24.7 Å². The third-order valence-corrected chi connectivity index (χ3v) is 5.11. The normalized spacial score (nSPS) is 41.5. The Bertz CT molecular complexity index is 459. The van der Waals surface area contributed by atoms with Crippen molar-refractivity contribution >= 4 is 23.5 Å². The lowest BCUT2D eigenvalue weighted by Gasteiger charge is -2.47. The minimum Gasteiger partial charge on any atom is -0.376 e. The Balaban J connectivity index is 1.64. The van der Waals surface area contributed by atoms with Crippen LogP contribution in [0.3, 0.4) is 0 Å². The number of hydrogen-bond donors (Lipinski definition) is 2. The highest BCUT2D eigenvalue weighted by Gasteiger charge is 2.48. The second-order valence-electron chi connectivity index (χ2n) is 6.91. The minimum atomic E-state index is -0.528. The topological polar surface area (TPSA) is 76.7 Å². The molecule has 0 aromatic heterocycles. The molecule has 1 saturated carbocycles. The Kier molecular flexibility index (Phi) is 4.61. The first-order valence-electron chi connectivity index (χ1n) is 7.96. The van der Waals surface area contributed by atoms with Crippen LogP contribution < -0.4 is 10.6 Å². The third kappa shape index (κ3) is 3.24. The number of carbonyl (C=O) groups excluding carboxylic acids is 2. The predicted octanol–water partition coefficient (Wildman–Crippen LogP) is 1.62. The van der Waals surface area contributed by atoms with E-state index in [-0.39, 0.29) is 35.3 Å². The van der Waals surface area contributed by atoms with E-state index in [0.717, 1.165) is 6.42 Å². The highest BCUT2D eigenvalue weighted by atomic mass is 35.5. The van der Waals surface area contributed by atoms with E-state index in [1.165, 1.54) is 0 Å². The van der Waals surface area contributed by atoms with Crippen LogP contribution in [0.5, 0.6) is 0 Å². The second-order valence-corrected chi connectivity index (χ2v) is 7.47. The van der Waals surface area contributed by atoms with E-state index in [4.69, 9.17) is 21.1 Å². The Hall–Kier alpha value is -0.850. The fourth-order valence-corrected chi connectivity index (χ4v) is 3.95. The molecule has 6 atom stereocenters. The lowest BCUT2D eigenvalue weighted by molar-refractivity contribution is -0.172. The molecule has 6 unspecified atom stereocenters. The van der Waals surface area contributed by atoms with Crippen molar-refractivity contribution in [2.75, 3.05) is 6.61 Å². The SMILES string of the molecule is CC(C)COC1CC2OC3NC(=O)NC(=O)C3CC2CC1Cl. The first-order chi connectivity index (χ1) is 10.4. The minimum absolute atomic E-state index is 0.0142. The molecule has 22 heavy (non-hydrogen) atoms. The molecule has 3 fully saturated rings.